The molecule has 0 aromatic heterocycles. The average Bonchev–Trinajstić information content (AvgIpc) is 2.43. The molecule has 1 saturated heterocycles. The van der Waals surface area contributed by atoms with E-state index >= 15 is 0 Å². The molecule has 0 spiro atoms. The summed E-state index contributed by atoms with van der Waals surface area (Å²) < 4.78 is 17.1. The third kappa shape index (κ3) is 5.61. The monoisotopic (exact) mass is 278 g/mol. The Bertz CT molecular complexity index is 375. The van der Waals surface area contributed by atoms with Crippen molar-refractivity contribution in [3.8, 4) is 0 Å². The van der Waals surface area contributed by atoms with Gasteiger partial charge in [0.25, 0.3) is 0 Å². The summed E-state index contributed by atoms with van der Waals surface area (Å²) in [7, 11) is 0. The van der Waals surface area contributed by atoms with Crippen molar-refractivity contribution < 1.29 is 14.2 Å². The lowest BCUT2D eigenvalue weighted by Crippen LogP contribution is -2.39. The van der Waals surface area contributed by atoms with Crippen LogP contribution in [-0.4, -0.2) is 25.1 Å². The second-order valence-corrected chi connectivity index (χ2v) is 5.81. The van der Waals surface area contributed by atoms with Gasteiger partial charge >= 0.3 is 0 Å². The number of hydrogen-bond acceptors (Lipinski definition) is 3. The highest BCUT2D eigenvalue weighted by Crippen LogP contribution is 2.24. The molecular formula is C17H26O3. The molecule has 0 aliphatic carbocycles. The van der Waals surface area contributed by atoms with E-state index in [1.165, 1.54) is 5.56 Å². The molecule has 0 amide bonds. The van der Waals surface area contributed by atoms with Crippen molar-refractivity contribution in [3.05, 3.63) is 35.9 Å². The van der Waals surface area contributed by atoms with Crippen LogP contribution in [0.15, 0.2) is 30.3 Å². The Balaban J connectivity index is 1.51. The summed E-state index contributed by atoms with van der Waals surface area (Å²) in [6.07, 6.45) is 4.69. The molecule has 1 fully saturated rings. The molecule has 0 saturated carbocycles. The van der Waals surface area contributed by atoms with E-state index in [4.69, 9.17) is 14.2 Å². The lowest BCUT2D eigenvalue weighted by atomic mass is 10.1. The Labute approximate surface area is 122 Å². The van der Waals surface area contributed by atoms with Crippen LogP contribution in [0.25, 0.3) is 0 Å². The molecule has 1 aromatic rings. The third-order valence-electron chi connectivity index (χ3n) is 3.52. The number of ether oxygens (including phenoxy) is 3. The summed E-state index contributed by atoms with van der Waals surface area (Å²) in [5.41, 5.74) is 1.24. The van der Waals surface area contributed by atoms with Crippen molar-refractivity contribution in [2.75, 3.05) is 13.2 Å². The third-order valence-corrected chi connectivity index (χ3v) is 3.52. The van der Waals surface area contributed by atoms with Gasteiger partial charge in [0.1, 0.15) is 0 Å². The standard InChI is InChI=1S/C17H26O3/c1-17(2)19-13-11-16(20-17)10-6-7-12-18-14-15-8-4-3-5-9-15/h3-5,8-9,16H,6-7,10-14H2,1-2H3/t16-/m1/s1. The topological polar surface area (TPSA) is 27.7 Å². The highest BCUT2D eigenvalue weighted by atomic mass is 16.7. The normalized spacial score (nSPS) is 21.8. The number of rotatable bonds is 7. The van der Waals surface area contributed by atoms with Gasteiger partial charge < -0.3 is 14.2 Å². The Kier molecular flexibility index (Phi) is 6.02. The Morgan fingerprint density at radius 1 is 1.20 bits per heavy atom. The molecule has 0 radical (unpaired) electrons. The summed E-state index contributed by atoms with van der Waals surface area (Å²) in [6.45, 7) is 6.32. The molecule has 2 rings (SSSR count). The Morgan fingerprint density at radius 3 is 2.75 bits per heavy atom. The highest BCUT2D eigenvalue weighted by molar-refractivity contribution is 5.13. The largest absolute Gasteiger partial charge is 0.377 e. The van der Waals surface area contributed by atoms with Gasteiger partial charge in [0.15, 0.2) is 5.79 Å². The predicted molar refractivity (Wildman–Crippen MR) is 79.5 cm³/mol. The fourth-order valence-corrected chi connectivity index (χ4v) is 2.47. The molecule has 0 unspecified atom stereocenters. The van der Waals surface area contributed by atoms with Crippen LogP contribution >= 0.6 is 0 Å². The molecule has 0 bridgehead atoms. The molecule has 1 aromatic carbocycles. The number of unbranched alkanes of at least 4 members (excludes halogenated alkanes) is 1. The van der Waals surface area contributed by atoms with Crippen LogP contribution in [0.1, 0.15) is 45.1 Å². The van der Waals surface area contributed by atoms with Crippen molar-refractivity contribution in [2.45, 2.75) is 58.0 Å². The van der Waals surface area contributed by atoms with Gasteiger partial charge in [-0.25, -0.2) is 0 Å². The van der Waals surface area contributed by atoms with Crippen molar-refractivity contribution in [1.82, 2.24) is 0 Å². The van der Waals surface area contributed by atoms with Gasteiger partial charge in [-0.15, -0.1) is 0 Å². The van der Waals surface area contributed by atoms with E-state index in [9.17, 15) is 0 Å². The van der Waals surface area contributed by atoms with E-state index in [-0.39, 0.29) is 0 Å². The first-order chi connectivity index (χ1) is 9.66. The van der Waals surface area contributed by atoms with Crippen LogP contribution in [0, 0.1) is 0 Å². The van der Waals surface area contributed by atoms with Crippen molar-refractivity contribution in [2.24, 2.45) is 0 Å². The van der Waals surface area contributed by atoms with E-state index in [1.807, 2.05) is 32.0 Å². The number of hydrogen-bond donors (Lipinski definition) is 0. The first-order valence-corrected chi connectivity index (χ1v) is 7.59. The summed E-state index contributed by atoms with van der Waals surface area (Å²) in [6, 6.07) is 10.3. The lowest BCUT2D eigenvalue weighted by molar-refractivity contribution is -0.274. The molecule has 3 nitrogen and oxygen atoms in total. The zero-order valence-corrected chi connectivity index (χ0v) is 12.6. The van der Waals surface area contributed by atoms with E-state index in [2.05, 4.69) is 12.1 Å². The molecule has 1 aliphatic rings. The van der Waals surface area contributed by atoms with Crippen LogP contribution in [0.5, 0.6) is 0 Å². The first kappa shape index (κ1) is 15.5. The van der Waals surface area contributed by atoms with Crippen LogP contribution < -0.4 is 0 Å². The highest BCUT2D eigenvalue weighted by Gasteiger charge is 2.28. The summed E-state index contributed by atoms with van der Waals surface area (Å²) in [5.74, 6) is -0.410. The second kappa shape index (κ2) is 7.77. The Hall–Kier alpha value is -0.900. The number of benzene rings is 1. The molecule has 1 atom stereocenters. The summed E-state index contributed by atoms with van der Waals surface area (Å²) in [4.78, 5) is 0. The fourth-order valence-electron chi connectivity index (χ4n) is 2.47. The van der Waals surface area contributed by atoms with E-state index < -0.39 is 5.79 Å². The second-order valence-electron chi connectivity index (χ2n) is 5.81. The van der Waals surface area contributed by atoms with Gasteiger partial charge in [0, 0.05) is 6.61 Å². The van der Waals surface area contributed by atoms with Crippen LogP contribution in [0.2, 0.25) is 0 Å². The van der Waals surface area contributed by atoms with Gasteiger partial charge in [-0.2, -0.15) is 0 Å². The van der Waals surface area contributed by atoms with Crippen LogP contribution in [0.3, 0.4) is 0 Å². The van der Waals surface area contributed by atoms with E-state index in [0.717, 1.165) is 38.9 Å². The minimum Gasteiger partial charge on any atom is -0.377 e. The average molecular weight is 278 g/mol. The zero-order chi connectivity index (χ0) is 14.3. The Morgan fingerprint density at radius 2 is 2.00 bits per heavy atom. The molecule has 1 heterocycles. The van der Waals surface area contributed by atoms with Crippen LogP contribution in [-0.2, 0) is 20.8 Å². The van der Waals surface area contributed by atoms with Crippen molar-refractivity contribution in [1.29, 1.82) is 0 Å². The maximum Gasteiger partial charge on any atom is 0.163 e. The van der Waals surface area contributed by atoms with Gasteiger partial charge in [0.2, 0.25) is 0 Å². The molecular weight excluding hydrogens is 252 g/mol. The summed E-state index contributed by atoms with van der Waals surface area (Å²) in [5, 5.41) is 0. The van der Waals surface area contributed by atoms with Gasteiger partial charge in [0.05, 0.1) is 19.3 Å². The van der Waals surface area contributed by atoms with Crippen molar-refractivity contribution >= 4 is 0 Å². The van der Waals surface area contributed by atoms with Crippen LogP contribution in [0.4, 0.5) is 0 Å². The first-order valence-electron chi connectivity index (χ1n) is 7.59. The van der Waals surface area contributed by atoms with Crippen molar-refractivity contribution in [3.63, 3.8) is 0 Å². The fraction of sp³-hybridized carbons (Fsp3) is 0.647. The SMILES string of the molecule is CC1(C)OCC[C@@H](CCCCOCc2ccccc2)O1. The van der Waals surface area contributed by atoms with E-state index in [1.54, 1.807) is 0 Å². The summed E-state index contributed by atoms with van der Waals surface area (Å²) >= 11 is 0. The van der Waals surface area contributed by atoms with E-state index in [0.29, 0.717) is 12.7 Å². The molecule has 1 aliphatic heterocycles. The van der Waals surface area contributed by atoms with Gasteiger partial charge in [-0.1, -0.05) is 30.3 Å². The minimum atomic E-state index is -0.410. The minimum absolute atomic E-state index is 0.341. The quantitative estimate of drug-likeness (QED) is 0.708. The lowest BCUT2D eigenvalue weighted by Gasteiger charge is -2.36. The van der Waals surface area contributed by atoms with Gasteiger partial charge in [-0.3, -0.25) is 0 Å². The zero-order valence-electron chi connectivity index (χ0n) is 12.6. The maximum atomic E-state index is 5.89. The molecule has 112 valence electrons. The molecule has 0 N–H and O–H groups in total. The predicted octanol–water partition coefficient (Wildman–Crippen LogP) is 3.92. The molecule has 20 heavy (non-hydrogen) atoms. The smallest absolute Gasteiger partial charge is 0.163 e. The van der Waals surface area contributed by atoms with Gasteiger partial charge in [-0.05, 0) is 45.1 Å². The maximum absolute atomic E-state index is 5.89. The molecule has 3 heteroatoms.